The summed E-state index contributed by atoms with van der Waals surface area (Å²) in [6.07, 6.45) is 3.49. The molecule has 3 rings (SSSR count). The molecule has 0 radical (unpaired) electrons. The van der Waals surface area contributed by atoms with Crippen molar-refractivity contribution < 1.29 is 4.79 Å². The molecule has 1 amide bonds. The van der Waals surface area contributed by atoms with E-state index < -0.39 is 0 Å². The summed E-state index contributed by atoms with van der Waals surface area (Å²) in [5.74, 6) is 0.618. The Hall–Kier alpha value is -0.570. The molecule has 1 unspecified atom stereocenters. The molecule has 0 aromatic carbocycles. The number of carbonyl (C=O) groups excluding carboxylic acids is 1. The summed E-state index contributed by atoms with van der Waals surface area (Å²) in [5, 5.41) is 6.70. The van der Waals surface area contributed by atoms with E-state index in [2.05, 4.69) is 38.3 Å². The van der Waals surface area contributed by atoms with E-state index in [1.807, 2.05) is 0 Å². The average Bonchev–Trinajstić information content (AvgIpc) is 3.09. The molecule has 0 aromatic heterocycles. The number of hydrogen-bond acceptors (Lipinski definition) is 2. The molecule has 2 saturated carbocycles. The number of nitrogens with one attached hydrogen (secondary N) is 2. The lowest BCUT2D eigenvalue weighted by molar-refractivity contribution is -0.123. The van der Waals surface area contributed by atoms with Crippen LogP contribution in [0.4, 0.5) is 0 Å². The Morgan fingerprint density at radius 3 is 2.17 bits per heavy atom. The fourth-order valence-corrected chi connectivity index (χ4v) is 4.00. The molecule has 1 aliphatic heterocycles. The molecule has 1 heterocycles. The molecule has 1 saturated heterocycles. The first kappa shape index (κ1) is 12.5. The summed E-state index contributed by atoms with van der Waals surface area (Å²) >= 11 is 0. The fraction of sp³-hybridized carbons (Fsp3) is 0.933. The van der Waals surface area contributed by atoms with Gasteiger partial charge in [-0.15, -0.1) is 0 Å². The van der Waals surface area contributed by atoms with Gasteiger partial charge in [-0.3, -0.25) is 4.79 Å². The van der Waals surface area contributed by atoms with Crippen LogP contribution in [0.3, 0.4) is 0 Å². The quantitative estimate of drug-likeness (QED) is 0.786. The van der Waals surface area contributed by atoms with E-state index in [4.69, 9.17) is 0 Å². The second kappa shape index (κ2) is 3.50. The van der Waals surface area contributed by atoms with Crippen LogP contribution in [0.2, 0.25) is 0 Å². The number of rotatable bonds is 2. The van der Waals surface area contributed by atoms with Gasteiger partial charge in [-0.25, -0.2) is 0 Å². The van der Waals surface area contributed by atoms with E-state index in [1.54, 1.807) is 0 Å². The normalized spacial score (nSPS) is 35.2. The highest BCUT2D eigenvalue weighted by Gasteiger charge is 2.67. The zero-order chi connectivity index (χ0) is 13.2. The molecule has 3 nitrogen and oxygen atoms in total. The predicted octanol–water partition coefficient (Wildman–Crippen LogP) is 1.93. The first-order valence-electron chi connectivity index (χ1n) is 7.32. The highest BCUT2D eigenvalue weighted by atomic mass is 16.2. The minimum Gasteiger partial charge on any atom is -0.352 e. The summed E-state index contributed by atoms with van der Waals surface area (Å²) in [5.41, 5.74) is 0.857. The third-order valence-corrected chi connectivity index (χ3v) is 6.41. The van der Waals surface area contributed by atoms with Crippen LogP contribution < -0.4 is 10.6 Å². The van der Waals surface area contributed by atoms with Gasteiger partial charge >= 0.3 is 0 Å². The van der Waals surface area contributed by atoms with Gasteiger partial charge in [-0.05, 0) is 48.6 Å². The largest absolute Gasteiger partial charge is 0.352 e. The van der Waals surface area contributed by atoms with Gasteiger partial charge in [0.25, 0.3) is 0 Å². The molecular formula is C15H26N2O. The summed E-state index contributed by atoms with van der Waals surface area (Å²) in [6.45, 7) is 11.2. The number of piperidine rings is 1. The van der Waals surface area contributed by atoms with E-state index in [0.29, 0.717) is 23.3 Å². The highest BCUT2D eigenvalue weighted by Crippen LogP contribution is 2.64. The van der Waals surface area contributed by atoms with E-state index in [9.17, 15) is 4.79 Å². The van der Waals surface area contributed by atoms with E-state index in [-0.39, 0.29) is 10.8 Å². The Balaban J connectivity index is 1.59. The monoisotopic (exact) mass is 250 g/mol. The van der Waals surface area contributed by atoms with Crippen molar-refractivity contribution in [1.82, 2.24) is 10.6 Å². The Bertz CT molecular complexity index is 366. The number of carbonyl (C=O) groups is 1. The van der Waals surface area contributed by atoms with Crippen molar-refractivity contribution in [1.29, 1.82) is 0 Å². The summed E-state index contributed by atoms with van der Waals surface area (Å²) in [7, 11) is 0. The molecule has 0 bridgehead atoms. The molecule has 3 fully saturated rings. The third-order valence-electron chi connectivity index (χ3n) is 6.41. The first-order valence-corrected chi connectivity index (χ1v) is 7.32. The SMILES string of the molecule is CC1(C)C(NC(=O)C2CC23CCNCC3)C1(C)C. The second-order valence-electron chi connectivity index (χ2n) is 7.75. The van der Waals surface area contributed by atoms with Gasteiger partial charge in [0.2, 0.25) is 5.91 Å². The van der Waals surface area contributed by atoms with Crippen molar-refractivity contribution in [2.45, 2.75) is 53.0 Å². The van der Waals surface area contributed by atoms with E-state index in [1.165, 1.54) is 12.8 Å². The Labute approximate surface area is 110 Å². The minimum absolute atomic E-state index is 0.249. The minimum atomic E-state index is 0.249. The lowest BCUT2D eigenvalue weighted by Gasteiger charge is -2.23. The van der Waals surface area contributed by atoms with Crippen LogP contribution >= 0.6 is 0 Å². The summed E-state index contributed by atoms with van der Waals surface area (Å²) < 4.78 is 0. The molecule has 0 aromatic rings. The maximum Gasteiger partial charge on any atom is 0.223 e. The van der Waals surface area contributed by atoms with Crippen LogP contribution in [0.1, 0.15) is 47.0 Å². The maximum absolute atomic E-state index is 12.4. The first-order chi connectivity index (χ1) is 8.31. The van der Waals surface area contributed by atoms with Crippen molar-refractivity contribution in [3.8, 4) is 0 Å². The highest BCUT2D eigenvalue weighted by molar-refractivity contribution is 5.83. The zero-order valence-corrected chi connectivity index (χ0v) is 12.1. The molecular weight excluding hydrogens is 224 g/mol. The smallest absolute Gasteiger partial charge is 0.223 e. The standard InChI is InChI=1S/C15H26N2O/c1-13(2)12(14(13,3)4)17-11(18)10-9-15(10)5-7-16-8-6-15/h10,12,16H,5-9H2,1-4H3,(H,17,18). The molecule has 18 heavy (non-hydrogen) atoms. The van der Waals surface area contributed by atoms with Gasteiger partial charge in [0, 0.05) is 12.0 Å². The summed E-state index contributed by atoms with van der Waals surface area (Å²) in [6, 6.07) is 0.358. The van der Waals surface area contributed by atoms with Crippen LogP contribution in [0, 0.1) is 22.2 Å². The topological polar surface area (TPSA) is 41.1 Å². The van der Waals surface area contributed by atoms with Crippen LogP contribution in [-0.4, -0.2) is 25.0 Å². The lowest BCUT2D eigenvalue weighted by atomic mass is 9.92. The van der Waals surface area contributed by atoms with Crippen molar-refractivity contribution in [3.63, 3.8) is 0 Å². The molecule has 3 heteroatoms. The van der Waals surface area contributed by atoms with Crippen LogP contribution in [0.5, 0.6) is 0 Å². The van der Waals surface area contributed by atoms with E-state index >= 15 is 0 Å². The van der Waals surface area contributed by atoms with Gasteiger partial charge in [-0.1, -0.05) is 27.7 Å². The van der Waals surface area contributed by atoms with Gasteiger partial charge in [0.1, 0.15) is 0 Å². The molecule has 2 N–H and O–H groups in total. The molecule has 3 aliphatic rings. The van der Waals surface area contributed by atoms with Gasteiger partial charge < -0.3 is 10.6 Å². The Kier molecular flexibility index (Phi) is 2.42. The molecule has 2 aliphatic carbocycles. The average molecular weight is 250 g/mol. The second-order valence-corrected chi connectivity index (χ2v) is 7.75. The fourth-order valence-electron chi connectivity index (χ4n) is 4.00. The van der Waals surface area contributed by atoms with E-state index in [0.717, 1.165) is 19.5 Å². The van der Waals surface area contributed by atoms with Gasteiger partial charge in [-0.2, -0.15) is 0 Å². The Morgan fingerprint density at radius 2 is 1.67 bits per heavy atom. The molecule has 1 spiro atoms. The van der Waals surface area contributed by atoms with Crippen LogP contribution in [-0.2, 0) is 4.79 Å². The van der Waals surface area contributed by atoms with Crippen LogP contribution in [0.15, 0.2) is 0 Å². The zero-order valence-electron chi connectivity index (χ0n) is 12.1. The Morgan fingerprint density at radius 1 is 1.11 bits per heavy atom. The van der Waals surface area contributed by atoms with Crippen molar-refractivity contribution in [3.05, 3.63) is 0 Å². The summed E-state index contributed by atoms with van der Waals surface area (Å²) in [4.78, 5) is 12.4. The van der Waals surface area contributed by atoms with Crippen LogP contribution in [0.25, 0.3) is 0 Å². The number of amides is 1. The predicted molar refractivity (Wildman–Crippen MR) is 72.1 cm³/mol. The van der Waals surface area contributed by atoms with Gasteiger partial charge in [0.15, 0.2) is 0 Å². The van der Waals surface area contributed by atoms with Gasteiger partial charge in [0.05, 0.1) is 0 Å². The maximum atomic E-state index is 12.4. The number of hydrogen-bond donors (Lipinski definition) is 2. The van der Waals surface area contributed by atoms with Crippen molar-refractivity contribution in [2.24, 2.45) is 22.2 Å². The third kappa shape index (κ3) is 1.56. The molecule has 102 valence electrons. The lowest BCUT2D eigenvalue weighted by Crippen LogP contribution is -2.36. The van der Waals surface area contributed by atoms with Crippen molar-refractivity contribution in [2.75, 3.05) is 13.1 Å². The van der Waals surface area contributed by atoms with Crippen molar-refractivity contribution >= 4 is 5.91 Å². The molecule has 1 atom stereocenters.